The number of rotatable bonds is 3. The van der Waals surface area contributed by atoms with Crippen LogP contribution in [-0.4, -0.2) is 24.5 Å². The van der Waals surface area contributed by atoms with Crippen molar-refractivity contribution in [2.45, 2.75) is 39.0 Å². The van der Waals surface area contributed by atoms with Gasteiger partial charge in [0.05, 0.1) is 0 Å². The Hall–Kier alpha value is -0.820. The normalized spacial score (nSPS) is 16.3. The number of likely N-dealkylation sites (tertiary alicyclic amines) is 1. The van der Waals surface area contributed by atoms with E-state index in [4.69, 9.17) is 0 Å². The molecule has 1 aromatic carbocycles. The van der Waals surface area contributed by atoms with Gasteiger partial charge in [-0.05, 0) is 38.9 Å². The van der Waals surface area contributed by atoms with Crippen molar-refractivity contribution in [2.75, 3.05) is 19.6 Å². The van der Waals surface area contributed by atoms with E-state index in [-0.39, 0.29) is 0 Å². The van der Waals surface area contributed by atoms with Crippen molar-refractivity contribution in [3.8, 4) is 0 Å². The second-order valence-electron chi connectivity index (χ2n) is 4.41. The fraction of sp³-hybridized carbons (Fsp3) is 0.600. The lowest BCUT2D eigenvalue weighted by Crippen LogP contribution is -2.30. The lowest BCUT2D eigenvalue weighted by Gasteiger charge is -2.25. The highest BCUT2D eigenvalue weighted by Crippen LogP contribution is 2.08. The molecule has 1 aliphatic rings. The first-order valence-electron chi connectivity index (χ1n) is 6.66. The van der Waals surface area contributed by atoms with Crippen LogP contribution in [0.15, 0.2) is 36.4 Å². The zero-order valence-corrected chi connectivity index (χ0v) is 10.6. The first kappa shape index (κ1) is 13.2. The number of unbranched alkanes of at least 4 members (excludes halogenated alkanes) is 1. The fourth-order valence-electron chi connectivity index (χ4n) is 1.95. The van der Waals surface area contributed by atoms with Gasteiger partial charge in [-0.15, -0.1) is 0 Å². The highest BCUT2D eigenvalue weighted by molar-refractivity contribution is 4.99. The summed E-state index contributed by atoms with van der Waals surface area (Å²) in [4.78, 5) is 2.60. The third-order valence-corrected chi connectivity index (χ3v) is 2.94. The third-order valence-electron chi connectivity index (χ3n) is 2.94. The maximum Gasteiger partial charge on any atom is -0.00187 e. The molecule has 0 bridgehead atoms. The van der Waals surface area contributed by atoms with E-state index in [0.717, 1.165) is 0 Å². The molecule has 0 aromatic heterocycles. The Balaban J connectivity index is 0.000000181. The monoisotopic (exact) mass is 219 g/mol. The highest BCUT2D eigenvalue weighted by Gasteiger charge is 2.07. The summed E-state index contributed by atoms with van der Waals surface area (Å²) in [5.74, 6) is 0. The van der Waals surface area contributed by atoms with Crippen LogP contribution in [0.25, 0.3) is 0 Å². The molecule has 0 spiro atoms. The number of nitrogens with zero attached hydrogens (tertiary/aromatic N) is 1. The van der Waals surface area contributed by atoms with Crippen molar-refractivity contribution in [3.63, 3.8) is 0 Å². The molecule has 90 valence electrons. The van der Waals surface area contributed by atoms with Crippen LogP contribution in [0.1, 0.15) is 39.0 Å². The Morgan fingerprint density at radius 2 is 1.31 bits per heavy atom. The van der Waals surface area contributed by atoms with Gasteiger partial charge in [-0.1, -0.05) is 56.2 Å². The molecule has 1 nitrogen and oxygen atoms in total. The van der Waals surface area contributed by atoms with Gasteiger partial charge in [0.15, 0.2) is 0 Å². The average Bonchev–Trinajstić information content (AvgIpc) is 2.40. The van der Waals surface area contributed by atoms with E-state index >= 15 is 0 Å². The average molecular weight is 219 g/mol. The Labute approximate surface area is 100 Å². The minimum Gasteiger partial charge on any atom is -0.303 e. The molecule has 0 N–H and O–H groups in total. The molecule has 2 rings (SSSR count). The van der Waals surface area contributed by atoms with Crippen LogP contribution >= 0.6 is 0 Å². The van der Waals surface area contributed by atoms with E-state index in [1.54, 1.807) is 0 Å². The minimum atomic E-state index is 1.34. The van der Waals surface area contributed by atoms with E-state index in [1.807, 2.05) is 36.4 Å². The summed E-state index contributed by atoms with van der Waals surface area (Å²) in [7, 11) is 0. The quantitative estimate of drug-likeness (QED) is 0.744. The van der Waals surface area contributed by atoms with E-state index < -0.39 is 0 Å². The molecular weight excluding hydrogens is 194 g/mol. The van der Waals surface area contributed by atoms with Gasteiger partial charge < -0.3 is 4.90 Å². The molecule has 1 fully saturated rings. The van der Waals surface area contributed by atoms with Gasteiger partial charge in [-0.2, -0.15) is 0 Å². The zero-order valence-electron chi connectivity index (χ0n) is 10.6. The Morgan fingerprint density at radius 1 is 0.812 bits per heavy atom. The molecule has 1 heterocycles. The largest absolute Gasteiger partial charge is 0.303 e. The van der Waals surface area contributed by atoms with Crippen molar-refractivity contribution < 1.29 is 0 Å². The number of hydrogen-bond acceptors (Lipinski definition) is 1. The predicted molar refractivity (Wildman–Crippen MR) is 71.6 cm³/mol. The highest BCUT2D eigenvalue weighted by atomic mass is 15.1. The zero-order chi connectivity index (χ0) is 11.5. The molecule has 0 amide bonds. The van der Waals surface area contributed by atoms with Gasteiger partial charge in [0.1, 0.15) is 0 Å². The molecule has 1 saturated heterocycles. The van der Waals surface area contributed by atoms with Crippen molar-refractivity contribution in [2.24, 2.45) is 0 Å². The van der Waals surface area contributed by atoms with E-state index in [9.17, 15) is 0 Å². The maximum atomic E-state index is 2.60. The third kappa shape index (κ3) is 6.62. The molecule has 1 aliphatic heterocycles. The fourth-order valence-corrected chi connectivity index (χ4v) is 1.95. The van der Waals surface area contributed by atoms with Gasteiger partial charge in [0.2, 0.25) is 0 Å². The van der Waals surface area contributed by atoms with Gasteiger partial charge in [-0.3, -0.25) is 0 Å². The van der Waals surface area contributed by atoms with Crippen LogP contribution in [0, 0.1) is 0 Å². The Kier molecular flexibility index (Phi) is 7.79. The van der Waals surface area contributed by atoms with Gasteiger partial charge in [0.25, 0.3) is 0 Å². The van der Waals surface area contributed by atoms with Crippen molar-refractivity contribution in [3.05, 3.63) is 36.4 Å². The lowest BCUT2D eigenvalue weighted by molar-refractivity contribution is 0.226. The van der Waals surface area contributed by atoms with Gasteiger partial charge in [-0.25, -0.2) is 0 Å². The molecule has 0 atom stereocenters. The Bertz CT molecular complexity index is 200. The summed E-state index contributed by atoms with van der Waals surface area (Å²) in [5.41, 5.74) is 0. The van der Waals surface area contributed by atoms with Gasteiger partial charge in [0, 0.05) is 0 Å². The topological polar surface area (TPSA) is 3.24 Å². The second-order valence-corrected chi connectivity index (χ2v) is 4.41. The molecule has 0 unspecified atom stereocenters. The summed E-state index contributed by atoms with van der Waals surface area (Å²) in [6, 6.07) is 12.0. The molecule has 1 aromatic rings. The Morgan fingerprint density at radius 3 is 1.75 bits per heavy atom. The molecule has 16 heavy (non-hydrogen) atoms. The predicted octanol–water partition coefficient (Wildman–Crippen LogP) is 3.96. The van der Waals surface area contributed by atoms with Crippen molar-refractivity contribution in [1.82, 2.24) is 4.90 Å². The van der Waals surface area contributed by atoms with Gasteiger partial charge >= 0.3 is 0 Å². The smallest absolute Gasteiger partial charge is 0.00187 e. The second kappa shape index (κ2) is 9.41. The van der Waals surface area contributed by atoms with Crippen LogP contribution in [0.2, 0.25) is 0 Å². The summed E-state index contributed by atoms with van der Waals surface area (Å²) >= 11 is 0. The van der Waals surface area contributed by atoms with Crippen molar-refractivity contribution in [1.29, 1.82) is 0 Å². The number of hydrogen-bond donors (Lipinski definition) is 0. The van der Waals surface area contributed by atoms with Crippen LogP contribution in [-0.2, 0) is 0 Å². The van der Waals surface area contributed by atoms with E-state index in [0.29, 0.717) is 0 Å². The van der Waals surface area contributed by atoms with Crippen molar-refractivity contribution >= 4 is 0 Å². The summed E-state index contributed by atoms with van der Waals surface area (Å²) in [5, 5.41) is 0. The van der Waals surface area contributed by atoms with Crippen LogP contribution in [0.4, 0.5) is 0 Å². The first-order chi connectivity index (χ1) is 7.93. The molecule has 0 radical (unpaired) electrons. The molecule has 0 aliphatic carbocycles. The molecule has 1 heteroatoms. The standard InChI is InChI=1S/C9H19N.C6H6/c1-2-3-7-10-8-5-4-6-9-10;1-2-4-6-5-3-1/h2-9H2,1H3;1-6H. The maximum absolute atomic E-state index is 2.60. The summed E-state index contributed by atoms with van der Waals surface area (Å²) < 4.78 is 0. The van der Waals surface area contributed by atoms with Crippen LogP contribution < -0.4 is 0 Å². The summed E-state index contributed by atoms with van der Waals surface area (Å²) in [6.07, 6.45) is 7.06. The summed E-state index contributed by atoms with van der Waals surface area (Å²) in [6.45, 7) is 6.33. The first-order valence-corrected chi connectivity index (χ1v) is 6.66. The van der Waals surface area contributed by atoms with E-state index in [1.165, 1.54) is 51.7 Å². The van der Waals surface area contributed by atoms with E-state index in [2.05, 4.69) is 11.8 Å². The van der Waals surface area contributed by atoms with Crippen LogP contribution in [0.5, 0.6) is 0 Å². The minimum absolute atomic E-state index is 1.34. The number of benzene rings is 1. The molecule has 0 saturated carbocycles. The SMILES string of the molecule is CCCCN1CCCCC1.c1ccccc1. The van der Waals surface area contributed by atoms with Crippen LogP contribution in [0.3, 0.4) is 0 Å². The molecular formula is C15H25N. The number of piperidine rings is 1. The lowest BCUT2D eigenvalue weighted by atomic mass is 10.1.